The number of nitrogens with two attached hydrogens (primary N) is 2. The first kappa shape index (κ1) is 22.1. The van der Waals surface area contributed by atoms with E-state index >= 15 is 0 Å². The molecule has 0 spiro atoms. The number of nitriles is 1. The van der Waals surface area contributed by atoms with Gasteiger partial charge in [0.15, 0.2) is 6.10 Å². The van der Waals surface area contributed by atoms with E-state index in [1.165, 1.54) is 12.3 Å². The molecule has 0 radical (unpaired) electrons. The molecule has 0 saturated carbocycles. The molecule has 10 heteroatoms. The molecular weight excluding hydrogens is 410 g/mol. The van der Waals surface area contributed by atoms with Gasteiger partial charge in [0, 0.05) is 5.56 Å². The number of nitrogen functional groups attached to an aromatic ring is 1. The number of rotatable bonds is 7. The first-order valence-corrected chi connectivity index (χ1v) is 9.34. The molecule has 0 amide bonds. The SMILES string of the molecule is N#Cc1cccc(-c2cc(C(C=NCc3cccc(C(O)C(=O)O)c3)=NN)nc(N)n2)c1. The molecular formula is C22H19N7O3. The fourth-order valence-corrected chi connectivity index (χ4v) is 2.90. The predicted octanol–water partition coefficient (Wildman–Crippen LogP) is 1.65. The molecule has 1 heterocycles. The highest BCUT2D eigenvalue weighted by Gasteiger charge is 2.15. The van der Waals surface area contributed by atoms with Crippen LogP contribution >= 0.6 is 0 Å². The van der Waals surface area contributed by atoms with Gasteiger partial charge in [-0.25, -0.2) is 14.8 Å². The number of hydrazone groups is 1. The zero-order chi connectivity index (χ0) is 23.1. The molecule has 3 rings (SSSR count). The van der Waals surface area contributed by atoms with Crippen LogP contribution < -0.4 is 11.6 Å². The van der Waals surface area contributed by atoms with Crippen LogP contribution in [0.25, 0.3) is 11.3 Å². The van der Waals surface area contributed by atoms with Gasteiger partial charge in [0.05, 0.1) is 35.8 Å². The van der Waals surface area contributed by atoms with Crippen LogP contribution in [0.15, 0.2) is 64.7 Å². The summed E-state index contributed by atoms with van der Waals surface area (Å²) in [7, 11) is 0. The van der Waals surface area contributed by atoms with Gasteiger partial charge in [0.1, 0.15) is 5.71 Å². The first-order valence-electron chi connectivity index (χ1n) is 9.34. The topological polar surface area (TPSA) is 184 Å². The fourth-order valence-electron chi connectivity index (χ4n) is 2.90. The predicted molar refractivity (Wildman–Crippen MR) is 119 cm³/mol. The van der Waals surface area contributed by atoms with E-state index in [9.17, 15) is 9.90 Å². The number of carbonyl (C=O) groups is 1. The molecule has 0 aliphatic carbocycles. The van der Waals surface area contributed by atoms with E-state index in [-0.39, 0.29) is 23.8 Å². The summed E-state index contributed by atoms with van der Waals surface area (Å²) in [5.74, 6) is 4.19. The monoisotopic (exact) mass is 429 g/mol. The van der Waals surface area contributed by atoms with Crippen LogP contribution in [0.1, 0.15) is 28.5 Å². The zero-order valence-electron chi connectivity index (χ0n) is 16.8. The molecule has 160 valence electrons. The summed E-state index contributed by atoms with van der Waals surface area (Å²) in [6.45, 7) is 0.191. The molecule has 3 aromatic rings. The lowest BCUT2D eigenvalue weighted by atomic mass is 10.1. The normalized spacial score (nSPS) is 12.4. The smallest absolute Gasteiger partial charge is 0.337 e. The third kappa shape index (κ3) is 5.29. The molecule has 0 aliphatic heterocycles. The number of aliphatic hydroxyl groups excluding tert-OH is 1. The second-order valence-electron chi connectivity index (χ2n) is 6.66. The van der Waals surface area contributed by atoms with Gasteiger partial charge in [-0.1, -0.05) is 36.4 Å². The van der Waals surface area contributed by atoms with Crippen molar-refractivity contribution in [3.63, 3.8) is 0 Å². The third-order valence-corrected chi connectivity index (χ3v) is 4.42. The lowest BCUT2D eigenvalue weighted by Gasteiger charge is -2.07. The molecule has 0 bridgehead atoms. The van der Waals surface area contributed by atoms with E-state index in [0.717, 1.165) is 0 Å². The van der Waals surface area contributed by atoms with Gasteiger partial charge in [-0.15, -0.1) is 0 Å². The molecule has 0 saturated heterocycles. The first-order chi connectivity index (χ1) is 15.4. The van der Waals surface area contributed by atoms with Crippen molar-refractivity contribution in [1.82, 2.24) is 9.97 Å². The van der Waals surface area contributed by atoms with E-state index in [1.807, 2.05) is 0 Å². The lowest BCUT2D eigenvalue weighted by Crippen LogP contribution is -2.12. The lowest BCUT2D eigenvalue weighted by molar-refractivity contribution is -0.146. The van der Waals surface area contributed by atoms with E-state index in [4.69, 9.17) is 21.9 Å². The number of aliphatic carboxylic acids is 1. The summed E-state index contributed by atoms with van der Waals surface area (Å²) in [6, 6.07) is 17.0. The number of nitrogens with zero attached hydrogens (tertiary/aromatic N) is 5. The highest BCUT2D eigenvalue weighted by atomic mass is 16.4. The maximum Gasteiger partial charge on any atom is 0.337 e. The fraction of sp³-hybridized carbons (Fsp3) is 0.0909. The van der Waals surface area contributed by atoms with E-state index in [0.29, 0.717) is 28.1 Å². The van der Waals surface area contributed by atoms with Crippen molar-refractivity contribution >= 4 is 23.8 Å². The number of aliphatic hydroxyl groups is 1. The summed E-state index contributed by atoms with van der Waals surface area (Å²) in [6.07, 6.45) is -0.195. The van der Waals surface area contributed by atoms with Crippen molar-refractivity contribution in [1.29, 1.82) is 5.26 Å². The van der Waals surface area contributed by atoms with Gasteiger partial charge in [-0.3, -0.25) is 4.99 Å². The standard InChI is InChI=1S/C22H19N7O3/c23-10-13-3-1-5-15(7-13)17-9-18(28-22(24)27-17)19(29-25)12-26-11-14-4-2-6-16(8-14)20(30)21(31)32/h1-9,12,20,30H,11,25H2,(H,31,32)(H2,24,27,28). The molecule has 6 N–H and O–H groups in total. The Morgan fingerprint density at radius 2 is 1.97 bits per heavy atom. The third-order valence-electron chi connectivity index (χ3n) is 4.42. The number of hydrogen-bond donors (Lipinski definition) is 4. The van der Waals surface area contributed by atoms with Crippen LogP contribution in [-0.4, -0.2) is 38.1 Å². The molecule has 1 unspecified atom stereocenters. The van der Waals surface area contributed by atoms with Gasteiger partial charge in [0.2, 0.25) is 5.95 Å². The summed E-state index contributed by atoms with van der Waals surface area (Å²) < 4.78 is 0. The highest BCUT2D eigenvalue weighted by molar-refractivity contribution is 6.37. The van der Waals surface area contributed by atoms with Crippen molar-refractivity contribution in [2.75, 3.05) is 5.73 Å². The number of anilines is 1. The largest absolute Gasteiger partial charge is 0.479 e. The second-order valence-corrected chi connectivity index (χ2v) is 6.66. The average Bonchev–Trinajstić information content (AvgIpc) is 2.81. The minimum atomic E-state index is -1.61. The van der Waals surface area contributed by atoms with Crippen molar-refractivity contribution in [2.24, 2.45) is 15.9 Å². The molecule has 0 fully saturated rings. The Hall–Kier alpha value is -4.62. The molecule has 10 nitrogen and oxygen atoms in total. The molecule has 1 atom stereocenters. The number of hydrogen-bond acceptors (Lipinski definition) is 9. The Morgan fingerprint density at radius 1 is 1.19 bits per heavy atom. The second kappa shape index (κ2) is 9.92. The average molecular weight is 429 g/mol. The molecule has 0 aliphatic rings. The maximum absolute atomic E-state index is 11.0. The van der Waals surface area contributed by atoms with E-state index < -0.39 is 12.1 Å². The van der Waals surface area contributed by atoms with Crippen molar-refractivity contribution in [3.8, 4) is 17.3 Å². The van der Waals surface area contributed by atoms with Gasteiger partial charge in [-0.05, 0) is 29.3 Å². The molecule has 1 aromatic heterocycles. The Kier molecular flexibility index (Phi) is 6.85. The number of aromatic nitrogens is 2. The summed E-state index contributed by atoms with van der Waals surface area (Å²) in [5, 5.41) is 31.5. The van der Waals surface area contributed by atoms with E-state index in [2.05, 4.69) is 26.1 Å². The van der Waals surface area contributed by atoms with E-state index in [1.54, 1.807) is 48.5 Å². The van der Waals surface area contributed by atoms with Gasteiger partial charge in [0.25, 0.3) is 0 Å². The Morgan fingerprint density at radius 3 is 2.69 bits per heavy atom. The Labute approximate surface area is 183 Å². The van der Waals surface area contributed by atoms with Gasteiger partial charge < -0.3 is 21.8 Å². The van der Waals surface area contributed by atoms with Crippen LogP contribution in [0.3, 0.4) is 0 Å². The Balaban J connectivity index is 1.83. The van der Waals surface area contributed by atoms with Crippen LogP contribution in [0.4, 0.5) is 5.95 Å². The number of benzene rings is 2. The zero-order valence-corrected chi connectivity index (χ0v) is 16.8. The summed E-state index contributed by atoms with van der Waals surface area (Å²) >= 11 is 0. The minimum Gasteiger partial charge on any atom is -0.479 e. The minimum absolute atomic E-state index is 0.00442. The van der Waals surface area contributed by atoms with Crippen LogP contribution in [0.5, 0.6) is 0 Å². The maximum atomic E-state index is 11.0. The Bertz CT molecular complexity index is 1250. The number of aliphatic imine (C=N–C) groups is 1. The van der Waals surface area contributed by atoms with Crippen LogP contribution in [0, 0.1) is 11.3 Å². The number of carboxylic acid groups (broad SMARTS) is 1. The van der Waals surface area contributed by atoms with Crippen LogP contribution in [-0.2, 0) is 11.3 Å². The van der Waals surface area contributed by atoms with Gasteiger partial charge >= 0.3 is 5.97 Å². The highest BCUT2D eigenvalue weighted by Crippen LogP contribution is 2.20. The quantitative estimate of drug-likeness (QED) is 0.248. The summed E-state index contributed by atoms with van der Waals surface area (Å²) in [4.78, 5) is 23.6. The van der Waals surface area contributed by atoms with Crippen molar-refractivity contribution < 1.29 is 15.0 Å². The van der Waals surface area contributed by atoms with Gasteiger partial charge in [-0.2, -0.15) is 10.4 Å². The number of carboxylic acids is 1. The van der Waals surface area contributed by atoms with Crippen LogP contribution in [0.2, 0.25) is 0 Å². The molecule has 32 heavy (non-hydrogen) atoms. The summed E-state index contributed by atoms with van der Waals surface area (Å²) in [5.41, 5.74) is 9.04. The van der Waals surface area contributed by atoms with Crippen molar-refractivity contribution in [3.05, 3.63) is 77.0 Å². The molecule has 2 aromatic carbocycles. The van der Waals surface area contributed by atoms with Crippen molar-refractivity contribution in [2.45, 2.75) is 12.6 Å².